The molecule has 1 fully saturated rings. The van der Waals surface area contributed by atoms with Crippen molar-refractivity contribution in [2.24, 2.45) is 5.92 Å². The lowest BCUT2D eigenvalue weighted by Gasteiger charge is -2.14. The van der Waals surface area contributed by atoms with Gasteiger partial charge in [-0.3, -0.25) is 9.36 Å². The predicted octanol–water partition coefficient (Wildman–Crippen LogP) is 3.16. The van der Waals surface area contributed by atoms with Crippen molar-refractivity contribution in [2.75, 3.05) is 5.73 Å². The molecule has 0 atom stereocenters. The molecule has 3 rings (SSSR count). The Hall–Kier alpha value is -1.77. The van der Waals surface area contributed by atoms with Gasteiger partial charge in [0.25, 0.3) is 5.56 Å². The van der Waals surface area contributed by atoms with Gasteiger partial charge in [-0.15, -0.1) is 0 Å². The Labute approximate surface area is 113 Å². The summed E-state index contributed by atoms with van der Waals surface area (Å²) in [7, 11) is 0. The van der Waals surface area contributed by atoms with Crippen LogP contribution in [-0.4, -0.2) is 4.57 Å². The lowest BCUT2D eigenvalue weighted by atomic mass is 10.0. The summed E-state index contributed by atoms with van der Waals surface area (Å²) in [5.74, 6) is 1.36. The van der Waals surface area contributed by atoms with Crippen LogP contribution >= 0.6 is 0 Å². The number of nitrogens with zero attached hydrogens (tertiary/aromatic N) is 1. The van der Waals surface area contributed by atoms with E-state index in [2.05, 4.69) is 0 Å². The summed E-state index contributed by atoms with van der Waals surface area (Å²) >= 11 is 0. The van der Waals surface area contributed by atoms with E-state index < -0.39 is 0 Å². The number of rotatable bonds is 3. The normalized spacial score (nSPS) is 16.2. The van der Waals surface area contributed by atoms with Gasteiger partial charge in [-0.1, -0.05) is 43.9 Å². The average molecular weight is 256 g/mol. The minimum atomic E-state index is 0.0496. The molecule has 19 heavy (non-hydrogen) atoms. The summed E-state index contributed by atoms with van der Waals surface area (Å²) in [6.45, 7) is 0.750. The number of pyridine rings is 1. The predicted molar refractivity (Wildman–Crippen MR) is 79.2 cm³/mol. The molecule has 0 bridgehead atoms. The minimum absolute atomic E-state index is 0.0496. The molecular formula is C16H20N2O. The molecule has 0 unspecified atom stereocenters. The molecule has 0 spiro atoms. The first-order valence-electron chi connectivity index (χ1n) is 7.14. The Morgan fingerprint density at radius 1 is 1.21 bits per heavy atom. The third-order valence-electron chi connectivity index (χ3n) is 4.29. The highest BCUT2D eigenvalue weighted by Gasteiger charge is 2.15. The Kier molecular flexibility index (Phi) is 3.28. The molecule has 1 aliphatic carbocycles. The molecule has 2 N–H and O–H groups in total. The van der Waals surface area contributed by atoms with Crippen LogP contribution in [0.4, 0.5) is 5.82 Å². The van der Waals surface area contributed by atoms with E-state index >= 15 is 0 Å². The molecule has 0 aliphatic heterocycles. The third kappa shape index (κ3) is 2.37. The molecule has 1 aliphatic rings. The van der Waals surface area contributed by atoms with Crippen LogP contribution in [0.2, 0.25) is 0 Å². The summed E-state index contributed by atoms with van der Waals surface area (Å²) < 4.78 is 1.74. The molecule has 0 amide bonds. The van der Waals surface area contributed by atoms with Gasteiger partial charge in [-0.2, -0.15) is 0 Å². The van der Waals surface area contributed by atoms with Crippen molar-refractivity contribution in [3.8, 4) is 0 Å². The van der Waals surface area contributed by atoms with Crippen LogP contribution < -0.4 is 11.3 Å². The standard InChI is InChI=1S/C16H20N2O/c17-15-11-13-7-3-4-8-14(13)16(19)18(15)10-9-12-5-1-2-6-12/h3-4,7-8,11-12H,1-2,5-6,9-10,17H2. The molecule has 0 saturated heterocycles. The van der Waals surface area contributed by atoms with E-state index in [0.717, 1.165) is 29.7 Å². The van der Waals surface area contributed by atoms with Crippen molar-refractivity contribution in [3.63, 3.8) is 0 Å². The Morgan fingerprint density at radius 3 is 2.74 bits per heavy atom. The number of hydrogen-bond donors (Lipinski definition) is 1. The molecule has 3 nitrogen and oxygen atoms in total. The first kappa shape index (κ1) is 12.3. The number of anilines is 1. The number of aromatic nitrogens is 1. The first-order chi connectivity index (χ1) is 9.25. The molecule has 2 aromatic rings. The summed E-state index contributed by atoms with van der Waals surface area (Å²) in [6, 6.07) is 9.56. The van der Waals surface area contributed by atoms with Gasteiger partial charge >= 0.3 is 0 Å². The highest BCUT2D eigenvalue weighted by Crippen LogP contribution is 2.28. The van der Waals surface area contributed by atoms with E-state index in [1.54, 1.807) is 4.57 Å². The van der Waals surface area contributed by atoms with Crippen molar-refractivity contribution in [3.05, 3.63) is 40.7 Å². The third-order valence-corrected chi connectivity index (χ3v) is 4.29. The zero-order chi connectivity index (χ0) is 13.2. The second-order valence-corrected chi connectivity index (χ2v) is 5.55. The van der Waals surface area contributed by atoms with Crippen LogP contribution in [-0.2, 0) is 6.54 Å². The zero-order valence-electron chi connectivity index (χ0n) is 11.1. The van der Waals surface area contributed by atoms with Gasteiger partial charge in [0.2, 0.25) is 0 Å². The lowest BCUT2D eigenvalue weighted by Crippen LogP contribution is -2.24. The fraction of sp³-hybridized carbons (Fsp3) is 0.438. The summed E-state index contributed by atoms with van der Waals surface area (Å²) in [6.07, 6.45) is 6.37. The summed E-state index contributed by atoms with van der Waals surface area (Å²) in [4.78, 5) is 12.4. The van der Waals surface area contributed by atoms with Crippen LogP contribution in [0.25, 0.3) is 10.8 Å². The number of nitrogen functional groups attached to an aromatic ring is 1. The molecule has 1 aromatic carbocycles. The van der Waals surface area contributed by atoms with E-state index in [4.69, 9.17) is 5.73 Å². The summed E-state index contributed by atoms with van der Waals surface area (Å²) in [5, 5.41) is 1.70. The number of fused-ring (bicyclic) bond motifs is 1. The monoisotopic (exact) mass is 256 g/mol. The van der Waals surface area contributed by atoms with E-state index in [1.165, 1.54) is 25.7 Å². The number of nitrogens with two attached hydrogens (primary N) is 1. The maximum Gasteiger partial charge on any atom is 0.259 e. The smallest absolute Gasteiger partial charge is 0.259 e. The maximum atomic E-state index is 12.4. The SMILES string of the molecule is Nc1cc2ccccc2c(=O)n1CCC1CCCC1. The first-order valence-corrected chi connectivity index (χ1v) is 7.14. The highest BCUT2D eigenvalue weighted by atomic mass is 16.1. The molecule has 1 aromatic heterocycles. The van der Waals surface area contributed by atoms with Gasteiger partial charge in [0.05, 0.1) is 0 Å². The molecule has 100 valence electrons. The number of hydrogen-bond acceptors (Lipinski definition) is 2. The van der Waals surface area contributed by atoms with Crippen LogP contribution in [0.15, 0.2) is 35.1 Å². The van der Waals surface area contributed by atoms with Crippen LogP contribution in [0.3, 0.4) is 0 Å². The van der Waals surface area contributed by atoms with Crippen molar-refractivity contribution >= 4 is 16.6 Å². The van der Waals surface area contributed by atoms with Gasteiger partial charge in [0, 0.05) is 11.9 Å². The van der Waals surface area contributed by atoms with Crippen molar-refractivity contribution in [2.45, 2.75) is 38.6 Å². The average Bonchev–Trinajstić information content (AvgIpc) is 2.92. The van der Waals surface area contributed by atoms with Gasteiger partial charge in [-0.25, -0.2) is 0 Å². The Balaban J connectivity index is 1.91. The van der Waals surface area contributed by atoms with Crippen LogP contribution in [0.5, 0.6) is 0 Å². The van der Waals surface area contributed by atoms with Crippen LogP contribution in [0, 0.1) is 5.92 Å². The molecular weight excluding hydrogens is 236 g/mol. The lowest BCUT2D eigenvalue weighted by molar-refractivity contribution is 0.456. The second-order valence-electron chi connectivity index (χ2n) is 5.55. The second kappa shape index (κ2) is 5.08. The molecule has 1 heterocycles. The van der Waals surface area contributed by atoms with Crippen molar-refractivity contribution < 1.29 is 0 Å². The topological polar surface area (TPSA) is 48.0 Å². The molecule has 0 radical (unpaired) electrons. The fourth-order valence-corrected chi connectivity index (χ4v) is 3.16. The maximum absolute atomic E-state index is 12.4. The fourth-order valence-electron chi connectivity index (χ4n) is 3.16. The van der Waals surface area contributed by atoms with Gasteiger partial charge in [0.1, 0.15) is 5.82 Å². The Morgan fingerprint density at radius 2 is 1.95 bits per heavy atom. The molecule has 1 saturated carbocycles. The largest absolute Gasteiger partial charge is 0.385 e. The zero-order valence-corrected chi connectivity index (χ0v) is 11.1. The Bertz CT molecular complexity index is 639. The van der Waals surface area contributed by atoms with E-state index in [1.807, 2.05) is 30.3 Å². The quantitative estimate of drug-likeness (QED) is 0.917. The van der Waals surface area contributed by atoms with Crippen molar-refractivity contribution in [1.29, 1.82) is 0 Å². The van der Waals surface area contributed by atoms with E-state index in [-0.39, 0.29) is 5.56 Å². The number of benzene rings is 1. The van der Waals surface area contributed by atoms with Crippen LogP contribution in [0.1, 0.15) is 32.1 Å². The van der Waals surface area contributed by atoms with Gasteiger partial charge in [0.15, 0.2) is 0 Å². The minimum Gasteiger partial charge on any atom is -0.385 e. The highest BCUT2D eigenvalue weighted by molar-refractivity contribution is 5.83. The van der Waals surface area contributed by atoms with E-state index in [0.29, 0.717) is 5.82 Å². The van der Waals surface area contributed by atoms with E-state index in [9.17, 15) is 4.79 Å². The van der Waals surface area contributed by atoms with Gasteiger partial charge in [-0.05, 0) is 29.9 Å². The summed E-state index contributed by atoms with van der Waals surface area (Å²) in [5.41, 5.74) is 6.08. The van der Waals surface area contributed by atoms with Crippen molar-refractivity contribution in [1.82, 2.24) is 4.57 Å². The molecule has 3 heteroatoms. The van der Waals surface area contributed by atoms with Gasteiger partial charge < -0.3 is 5.73 Å².